The van der Waals surface area contributed by atoms with Gasteiger partial charge in [-0.3, -0.25) is 9.59 Å². The van der Waals surface area contributed by atoms with Crippen LogP contribution in [0.5, 0.6) is 0 Å². The number of anilines is 1. The van der Waals surface area contributed by atoms with Crippen molar-refractivity contribution in [2.24, 2.45) is 0 Å². The Morgan fingerprint density at radius 3 is 2.66 bits per heavy atom. The SMILES string of the molecule is COCCCCN1C(=O)C(C)(C)c2cc(Cl)c(C(=O)N(C(C)C)[C@@H]3CCCNC3)cc21.Cl. The zero-order valence-electron chi connectivity index (χ0n) is 19.9. The van der Waals surface area contributed by atoms with Gasteiger partial charge in [0, 0.05) is 44.6 Å². The second-order valence-corrected chi connectivity index (χ2v) is 9.84. The maximum Gasteiger partial charge on any atom is 0.255 e. The topological polar surface area (TPSA) is 61.9 Å². The lowest BCUT2D eigenvalue weighted by molar-refractivity contribution is -0.122. The van der Waals surface area contributed by atoms with E-state index in [1.807, 2.05) is 49.6 Å². The van der Waals surface area contributed by atoms with Gasteiger partial charge in [-0.05, 0) is 77.6 Å². The smallest absolute Gasteiger partial charge is 0.255 e. The highest BCUT2D eigenvalue weighted by atomic mass is 35.5. The molecule has 32 heavy (non-hydrogen) atoms. The van der Waals surface area contributed by atoms with E-state index in [0.29, 0.717) is 23.7 Å². The van der Waals surface area contributed by atoms with Gasteiger partial charge >= 0.3 is 0 Å². The maximum absolute atomic E-state index is 13.6. The molecule has 3 rings (SSSR count). The van der Waals surface area contributed by atoms with Gasteiger partial charge in [0.05, 0.1) is 16.0 Å². The van der Waals surface area contributed by atoms with Crippen molar-refractivity contribution in [3.63, 3.8) is 0 Å². The number of rotatable bonds is 8. The maximum atomic E-state index is 13.6. The molecule has 1 atom stereocenters. The third-order valence-electron chi connectivity index (χ3n) is 6.50. The predicted octanol–water partition coefficient (Wildman–Crippen LogP) is 4.42. The molecule has 2 aliphatic rings. The predicted molar refractivity (Wildman–Crippen MR) is 132 cm³/mol. The lowest BCUT2D eigenvalue weighted by Gasteiger charge is -2.38. The van der Waals surface area contributed by atoms with Crippen molar-refractivity contribution in [3.8, 4) is 0 Å². The Hall–Kier alpha value is -1.34. The third-order valence-corrected chi connectivity index (χ3v) is 6.81. The monoisotopic (exact) mass is 485 g/mol. The van der Waals surface area contributed by atoms with E-state index in [9.17, 15) is 9.59 Å². The highest BCUT2D eigenvalue weighted by Crippen LogP contribution is 2.44. The van der Waals surface area contributed by atoms with Crippen LogP contribution in [0, 0.1) is 0 Å². The van der Waals surface area contributed by atoms with E-state index in [1.54, 1.807) is 7.11 Å². The molecular formula is C24H37Cl2N3O3. The highest BCUT2D eigenvalue weighted by molar-refractivity contribution is 6.34. The molecule has 0 bridgehead atoms. The lowest BCUT2D eigenvalue weighted by Crippen LogP contribution is -2.51. The number of nitrogens with zero attached hydrogens (tertiary/aromatic N) is 2. The van der Waals surface area contributed by atoms with E-state index in [-0.39, 0.29) is 36.3 Å². The Kier molecular flexibility index (Phi) is 9.41. The van der Waals surface area contributed by atoms with Crippen molar-refractivity contribution in [1.82, 2.24) is 10.2 Å². The minimum Gasteiger partial charge on any atom is -0.385 e. The van der Waals surface area contributed by atoms with Crippen molar-refractivity contribution < 1.29 is 14.3 Å². The highest BCUT2D eigenvalue weighted by Gasteiger charge is 2.44. The van der Waals surface area contributed by atoms with Crippen molar-refractivity contribution in [2.75, 3.05) is 38.3 Å². The number of ether oxygens (including phenoxy) is 1. The van der Waals surface area contributed by atoms with Gasteiger partial charge in [0.1, 0.15) is 0 Å². The molecule has 1 saturated heterocycles. The molecule has 0 spiro atoms. The molecule has 0 aromatic heterocycles. The lowest BCUT2D eigenvalue weighted by atomic mass is 9.85. The van der Waals surface area contributed by atoms with Gasteiger partial charge in [-0.25, -0.2) is 0 Å². The molecule has 1 aromatic carbocycles. The fourth-order valence-electron chi connectivity index (χ4n) is 4.78. The molecule has 6 nitrogen and oxygen atoms in total. The first kappa shape index (κ1) is 26.9. The summed E-state index contributed by atoms with van der Waals surface area (Å²) in [6.07, 6.45) is 3.76. The number of carbonyl (C=O) groups excluding carboxylic acids is 2. The minimum absolute atomic E-state index is 0. The number of halogens is 2. The first-order chi connectivity index (χ1) is 14.7. The van der Waals surface area contributed by atoms with Crippen LogP contribution in [0.25, 0.3) is 0 Å². The standard InChI is InChI=1S/C24H36ClN3O3.ClH/c1-16(2)28(17-9-8-10-26-15-17)22(29)18-13-21-19(14-20(18)25)24(3,4)23(30)27(21)11-6-7-12-31-5;/h13-14,16-17,26H,6-12,15H2,1-5H3;1H/t17-;/m1./s1. The van der Waals surface area contributed by atoms with Crippen molar-refractivity contribution in [3.05, 3.63) is 28.3 Å². The number of amides is 2. The number of benzene rings is 1. The van der Waals surface area contributed by atoms with Crippen LogP contribution in [0.4, 0.5) is 5.69 Å². The van der Waals surface area contributed by atoms with Crippen LogP contribution in [0.15, 0.2) is 12.1 Å². The average Bonchev–Trinajstić information content (AvgIpc) is 2.91. The number of fused-ring (bicyclic) bond motifs is 1. The van der Waals surface area contributed by atoms with Crippen LogP contribution in [0.2, 0.25) is 5.02 Å². The molecule has 8 heteroatoms. The Balaban J connectivity index is 0.00000363. The van der Waals surface area contributed by atoms with Crippen LogP contribution in [0.3, 0.4) is 0 Å². The molecule has 180 valence electrons. The number of methoxy groups -OCH3 is 1. The van der Waals surface area contributed by atoms with E-state index >= 15 is 0 Å². The van der Waals surface area contributed by atoms with Gasteiger partial charge in [0.15, 0.2) is 0 Å². The summed E-state index contributed by atoms with van der Waals surface area (Å²) in [4.78, 5) is 30.6. The molecule has 1 fully saturated rings. The fourth-order valence-corrected chi connectivity index (χ4v) is 5.03. The van der Waals surface area contributed by atoms with Gasteiger partial charge in [-0.15, -0.1) is 12.4 Å². The molecule has 0 saturated carbocycles. The average molecular weight is 486 g/mol. The summed E-state index contributed by atoms with van der Waals surface area (Å²) in [5, 5.41) is 3.82. The number of hydrogen-bond donors (Lipinski definition) is 1. The summed E-state index contributed by atoms with van der Waals surface area (Å²) >= 11 is 6.65. The number of carbonyl (C=O) groups is 2. The summed E-state index contributed by atoms with van der Waals surface area (Å²) < 4.78 is 5.14. The Morgan fingerprint density at radius 1 is 1.34 bits per heavy atom. The van der Waals surface area contributed by atoms with Crippen LogP contribution in [-0.4, -0.2) is 62.1 Å². The molecule has 1 N–H and O–H groups in total. The molecule has 0 radical (unpaired) electrons. The summed E-state index contributed by atoms with van der Waals surface area (Å²) in [6.45, 7) is 11.0. The first-order valence-electron chi connectivity index (χ1n) is 11.4. The number of hydrogen-bond acceptors (Lipinski definition) is 4. The van der Waals surface area contributed by atoms with Crippen molar-refractivity contribution in [1.29, 1.82) is 0 Å². The molecule has 2 amide bonds. The number of piperidine rings is 1. The quantitative estimate of drug-likeness (QED) is 0.553. The fraction of sp³-hybridized carbons (Fsp3) is 0.667. The summed E-state index contributed by atoms with van der Waals surface area (Å²) in [7, 11) is 1.68. The number of unbranched alkanes of at least 4 members (excludes halogenated alkanes) is 1. The third kappa shape index (κ3) is 5.24. The van der Waals surface area contributed by atoms with Crippen LogP contribution in [0.1, 0.15) is 69.3 Å². The van der Waals surface area contributed by atoms with Crippen LogP contribution < -0.4 is 10.2 Å². The van der Waals surface area contributed by atoms with Gasteiger partial charge in [0.2, 0.25) is 5.91 Å². The van der Waals surface area contributed by atoms with Gasteiger partial charge in [0.25, 0.3) is 5.91 Å². The second kappa shape index (κ2) is 11.2. The van der Waals surface area contributed by atoms with Crippen molar-refractivity contribution in [2.45, 2.75) is 70.9 Å². The van der Waals surface area contributed by atoms with Gasteiger partial charge < -0.3 is 19.9 Å². The van der Waals surface area contributed by atoms with E-state index in [2.05, 4.69) is 5.32 Å². The van der Waals surface area contributed by atoms with Gasteiger partial charge in [-0.2, -0.15) is 0 Å². The normalized spacial score (nSPS) is 19.7. The van der Waals surface area contributed by atoms with E-state index in [4.69, 9.17) is 16.3 Å². The van der Waals surface area contributed by atoms with Crippen LogP contribution in [-0.2, 0) is 14.9 Å². The first-order valence-corrected chi connectivity index (χ1v) is 11.8. The molecule has 1 aromatic rings. The van der Waals surface area contributed by atoms with Crippen LogP contribution >= 0.6 is 24.0 Å². The minimum atomic E-state index is -0.660. The van der Waals surface area contributed by atoms with Crippen molar-refractivity contribution >= 4 is 41.5 Å². The van der Waals surface area contributed by atoms with E-state index in [0.717, 1.165) is 50.0 Å². The number of nitrogens with one attached hydrogen (secondary N) is 1. The molecule has 2 heterocycles. The molecule has 0 unspecified atom stereocenters. The summed E-state index contributed by atoms with van der Waals surface area (Å²) in [5.74, 6) is -0.00855. The summed E-state index contributed by atoms with van der Waals surface area (Å²) in [5.41, 5.74) is 1.52. The zero-order chi connectivity index (χ0) is 22.8. The van der Waals surface area contributed by atoms with Gasteiger partial charge in [-0.1, -0.05) is 11.6 Å². The summed E-state index contributed by atoms with van der Waals surface area (Å²) in [6, 6.07) is 3.88. The Labute approximate surface area is 203 Å². The Bertz CT molecular complexity index is 823. The Morgan fingerprint density at radius 2 is 2.06 bits per heavy atom. The van der Waals surface area contributed by atoms with E-state index < -0.39 is 5.41 Å². The largest absolute Gasteiger partial charge is 0.385 e. The molecular weight excluding hydrogens is 449 g/mol. The zero-order valence-corrected chi connectivity index (χ0v) is 21.4. The molecule has 2 aliphatic heterocycles. The molecule has 0 aliphatic carbocycles. The van der Waals surface area contributed by atoms with E-state index in [1.165, 1.54) is 0 Å². The second-order valence-electron chi connectivity index (χ2n) is 9.44.